The Bertz CT molecular complexity index is 146. The minimum atomic E-state index is 0.856. The molecular formula is C10H17N. The lowest BCUT2D eigenvalue weighted by atomic mass is 10.1. The third-order valence-corrected chi connectivity index (χ3v) is 3.16. The molecule has 0 radical (unpaired) electrons. The summed E-state index contributed by atoms with van der Waals surface area (Å²) in [4.78, 5) is 0. The molecule has 2 aliphatic carbocycles. The van der Waals surface area contributed by atoms with Gasteiger partial charge in [0.25, 0.3) is 0 Å². The molecule has 0 heterocycles. The van der Waals surface area contributed by atoms with Gasteiger partial charge in [-0.1, -0.05) is 12.2 Å². The van der Waals surface area contributed by atoms with Crippen LogP contribution in [0.25, 0.3) is 0 Å². The third kappa shape index (κ3) is 1.34. The molecule has 2 atom stereocenters. The molecule has 1 heteroatoms. The zero-order valence-corrected chi connectivity index (χ0v) is 7.22. The second kappa shape index (κ2) is 2.98. The van der Waals surface area contributed by atoms with E-state index < -0.39 is 0 Å². The molecule has 62 valence electrons. The van der Waals surface area contributed by atoms with Crippen molar-refractivity contribution in [1.82, 2.24) is 5.32 Å². The standard InChI is InChI=1S/C10H17N/c1-11-10-8-6-4-2-3-5-7-9(8)10/h2-3,8-11H,4-7H2,1H3/b3-2-. The molecule has 1 N–H and O–H groups in total. The van der Waals surface area contributed by atoms with Crippen molar-refractivity contribution in [2.75, 3.05) is 7.05 Å². The van der Waals surface area contributed by atoms with Gasteiger partial charge in [-0.05, 0) is 44.6 Å². The molecule has 2 aliphatic rings. The van der Waals surface area contributed by atoms with Gasteiger partial charge in [0, 0.05) is 6.04 Å². The van der Waals surface area contributed by atoms with Crippen molar-refractivity contribution in [3.8, 4) is 0 Å². The molecule has 0 spiro atoms. The van der Waals surface area contributed by atoms with E-state index in [-0.39, 0.29) is 0 Å². The van der Waals surface area contributed by atoms with E-state index in [9.17, 15) is 0 Å². The number of hydrogen-bond acceptors (Lipinski definition) is 1. The van der Waals surface area contributed by atoms with Gasteiger partial charge in [0.2, 0.25) is 0 Å². The highest BCUT2D eigenvalue weighted by Crippen LogP contribution is 2.46. The summed E-state index contributed by atoms with van der Waals surface area (Å²) in [6, 6.07) is 0.856. The monoisotopic (exact) mass is 151 g/mol. The molecule has 0 aromatic carbocycles. The molecule has 1 nitrogen and oxygen atoms in total. The van der Waals surface area contributed by atoms with Crippen molar-refractivity contribution in [2.45, 2.75) is 31.7 Å². The predicted octanol–water partition coefficient (Wildman–Crippen LogP) is 1.95. The highest BCUT2D eigenvalue weighted by molar-refractivity contribution is 5.05. The summed E-state index contributed by atoms with van der Waals surface area (Å²) >= 11 is 0. The summed E-state index contributed by atoms with van der Waals surface area (Å²) in [5.41, 5.74) is 0. The van der Waals surface area contributed by atoms with Crippen LogP contribution in [0.15, 0.2) is 12.2 Å². The third-order valence-electron chi connectivity index (χ3n) is 3.16. The molecule has 11 heavy (non-hydrogen) atoms. The first-order chi connectivity index (χ1) is 5.43. The Hall–Kier alpha value is -0.300. The zero-order chi connectivity index (χ0) is 7.68. The summed E-state index contributed by atoms with van der Waals surface area (Å²) in [6.07, 6.45) is 10.1. The summed E-state index contributed by atoms with van der Waals surface area (Å²) in [5.74, 6) is 2.01. The van der Waals surface area contributed by atoms with Gasteiger partial charge >= 0.3 is 0 Å². The summed E-state index contributed by atoms with van der Waals surface area (Å²) in [6.45, 7) is 0. The van der Waals surface area contributed by atoms with Crippen LogP contribution < -0.4 is 5.32 Å². The number of rotatable bonds is 1. The van der Waals surface area contributed by atoms with Gasteiger partial charge in [-0.25, -0.2) is 0 Å². The van der Waals surface area contributed by atoms with Gasteiger partial charge in [-0.15, -0.1) is 0 Å². The normalized spacial score (nSPS) is 45.4. The van der Waals surface area contributed by atoms with E-state index in [0.717, 1.165) is 17.9 Å². The van der Waals surface area contributed by atoms with Crippen molar-refractivity contribution < 1.29 is 0 Å². The van der Waals surface area contributed by atoms with Crippen LogP contribution in [-0.4, -0.2) is 13.1 Å². The quantitative estimate of drug-likeness (QED) is 0.565. The Balaban J connectivity index is 1.91. The number of fused-ring (bicyclic) bond motifs is 1. The minimum absolute atomic E-state index is 0.856. The Morgan fingerprint density at radius 1 is 1.09 bits per heavy atom. The minimum Gasteiger partial charge on any atom is -0.316 e. The molecule has 2 unspecified atom stereocenters. The van der Waals surface area contributed by atoms with Crippen molar-refractivity contribution in [2.24, 2.45) is 11.8 Å². The Labute approximate surface area is 68.9 Å². The fraction of sp³-hybridized carbons (Fsp3) is 0.800. The van der Waals surface area contributed by atoms with Crippen LogP contribution in [0.4, 0.5) is 0 Å². The summed E-state index contributed by atoms with van der Waals surface area (Å²) < 4.78 is 0. The van der Waals surface area contributed by atoms with Gasteiger partial charge in [-0.3, -0.25) is 0 Å². The molecule has 0 amide bonds. The van der Waals surface area contributed by atoms with Crippen LogP contribution in [-0.2, 0) is 0 Å². The molecule has 0 aromatic heterocycles. The Morgan fingerprint density at radius 3 is 2.09 bits per heavy atom. The lowest BCUT2D eigenvalue weighted by Gasteiger charge is -1.98. The fourth-order valence-electron chi connectivity index (χ4n) is 2.47. The van der Waals surface area contributed by atoms with Crippen molar-refractivity contribution in [1.29, 1.82) is 0 Å². The lowest BCUT2D eigenvalue weighted by Crippen LogP contribution is -2.12. The highest BCUT2D eigenvalue weighted by atomic mass is 15.0. The van der Waals surface area contributed by atoms with Gasteiger partial charge < -0.3 is 5.32 Å². The molecule has 0 aromatic rings. The highest BCUT2D eigenvalue weighted by Gasteiger charge is 2.47. The number of allylic oxidation sites excluding steroid dienone is 2. The van der Waals surface area contributed by atoms with E-state index in [1.54, 1.807) is 0 Å². The molecule has 0 aliphatic heterocycles. The Morgan fingerprint density at radius 2 is 1.64 bits per heavy atom. The van der Waals surface area contributed by atoms with Gasteiger partial charge in [0.05, 0.1) is 0 Å². The first-order valence-corrected chi connectivity index (χ1v) is 4.76. The molecular weight excluding hydrogens is 134 g/mol. The summed E-state index contributed by atoms with van der Waals surface area (Å²) in [7, 11) is 2.10. The largest absolute Gasteiger partial charge is 0.316 e. The van der Waals surface area contributed by atoms with Crippen LogP contribution in [0.5, 0.6) is 0 Å². The molecule has 0 bridgehead atoms. The van der Waals surface area contributed by atoms with E-state index in [2.05, 4.69) is 24.5 Å². The first-order valence-electron chi connectivity index (χ1n) is 4.76. The molecule has 1 saturated carbocycles. The van der Waals surface area contributed by atoms with E-state index in [4.69, 9.17) is 0 Å². The molecule has 0 saturated heterocycles. The molecule has 1 fully saturated rings. The second-order valence-electron chi connectivity index (χ2n) is 3.77. The van der Waals surface area contributed by atoms with Gasteiger partial charge in [0.15, 0.2) is 0 Å². The van der Waals surface area contributed by atoms with Crippen LogP contribution in [0.2, 0.25) is 0 Å². The molecule has 2 rings (SSSR count). The fourth-order valence-corrected chi connectivity index (χ4v) is 2.47. The van der Waals surface area contributed by atoms with Gasteiger partial charge in [0.1, 0.15) is 0 Å². The topological polar surface area (TPSA) is 12.0 Å². The number of nitrogens with one attached hydrogen (secondary N) is 1. The maximum atomic E-state index is 3.41. The van der Waals surface area contributed by atoms with E-state index >= 15 is 0 Å². The zero-order valence-electron chi connectivity index (χ0n) is 7.22. The smallest absolute Gasteiger partial charge is 0.0127 e. The lowest BCUT2D eigenvalue weighted by molar-refractivity contribution is 0.605. The Kier molecular flexibility index (Phi) is 1.99. The number of hydrogen-bond donors (Lipinski definition) is 1. The predicted molar refractivity (Wildman–Crippen MR) is 47.4 cm³/mol. The van der Waals surface area contributed by atoms with Gasteiger partial charge in [-0.2, -0.15) is 0 Å². The van der Waals surface area contributed by atoms with E-state index in [0.29, 0.717) is 0 Å². The second-order valence-corrected chi connectivity index (χ2v) is 3.77. The van der Waals surface area contributed by atoms with Crippen LogP contribution in [0.1, 0.15) is 25.7 Å². The van der Waals surface area contributed by atoms with Crippen LogP contribution in [0, 0.1) is 11.8 Å². The SMILES string of the molecule is CNC1C2CC/C=C\CCC21. The average molecular weight is 151 g/mol. The van der Waals surface area contributed by atoms with E-state index in [1.807, 2.05) is 0 Å². The summed E-state index contributed by atoms with van der Waals surface area (Å²) in [5, 5.41) is 3.41. The van der Waals surface area contributed by atoms with Crippen LogP contribution >= 0.6 is 0 Å². The maximum absolute atomic E-state index is 3.41. The van der Waals surface area contributed by atoms with Crippen LogP contribution in [0.3, 0.4) is 0 Å². The average Bonchev–Trinajstić information content (AvgIpc) is 2.60. The first kappa shape index (κ1) is 7.35. The van der Waals surface area contributed by atoms with Crippen molar-refractivity contribution in [3.05, 3.63) is 12.2 Å². The van der Waals surface area contributed by atoms with Crippen molar-refractivity contribution in [3.63, 3.8) is 0 Å². The van der Waals surface area contributed by atoms with Crippen molar-refractivity contribution >= 4 is 0 Å². The maximum Gasteiger partial charge on any atom is 0.0127 e. The van der Waals surface area contributed by atoms with E-state index in [1.165, 1.54) is 25.7 Å².